The number of anilines is 2. The number of hydrogen-bond acceptors (Lipinski definition) is 5. The maximum Gasteiger partial charge on any atom is 0.256 e. The predicted molar refractivity (Wildman–Crippen MR) is 93.1 cm³/mol. The maximum absolute atomic E-state index is 12.2. The summed E-state index contributed by atoms with van der Waals surface area (Å²) < 4.78 is 4.21. The average molecular weight is 318 g/mol. The summed E-state index contributed by atoms with van der Waals surface area (Å²) in [6, 6.07) is 10.2. The highest BCUT2D eigenvalue weighted by Gasteiger charge is 2.16. The van der Waals surface area contributed by atoms with Gasteiger partial charge in [0.15, 0.2) is 0 Å². The highest BCUT2D eigenvalue weighted by molar-refractivity contribution is 7.10. The van der Waals surface area contributed by atoms with Crippen molar-refractivity contribution in [2.75, 3.05) is 37.4 Å². The number of hydrogen-bond donors (Lipinski definition) is 2. The third-order valence-electron chi connectivity index (χ3n) is 3.47. The van der Waals surface area contributed by atoms with Crippen molar-refractivity contribution in [3.63, 3.8) is 0 Å². The van der Waals surface area contributed by atoms with Gasteiger partial charge >= 0.3 is 0 Å². The molecular formula is C16H22N4OS. The molecule has 118 valence electrons. The van der Waals surface area contributed by atoms with Crippen LogP contribution in [0.4, 0.5) is 10.7 Å². The Morgan fingerprint density at radius 2 is 2.05 bits per heavy atom. The van der Waals surface area contributed by atoms with Gasteiger partial charge in [-0.25, -0.2) is 0 Å². The molecule has 1 aromatic heterocycles. The lowest BCUT2D eigenvalue weighted by molar-refractivity contribution is 0.0954. The summed E-state index contributed by atoms with van der Waals surface area (Å²) in [4.78, 5) is 14.4. The Morgan fingerprint density at radius 1 is 1.32 bits per heavy atom. The van der Waals surface area contributed by atoms with E-state index in [1.165, 1.54) is 17.2 Å². The van der Waals surface area contributed by atoms with Crippen LogP contribution < -0.4 is 15.5 Å². The van der Waals surface area contributed by atoms with Crippen LogP contribution in [0, 0.1) is 6.92 Å². The fourth-order valence-electron chi connectivity index (χ4n) is 2.23. The van der Waals surface area contributed by atoms with E-state index in [9.17, 15) is 4.79 Å². The summed E-state index contributed by atoms with van der Waals surface area (Å²) in [6.45, 7) is 3.40. The van der Waals surface area contributed by atoms with Crippen LogP contribution in [0.3, 0.4) is 0 Å². The van der Waals surface area contributed by atoms with Crippen LogP contribution in [0.2, 0.25) is 0 Å². The second-order valence-electron chi connectivity index (χ2n) is 5.09. The van der Waals surface area contributed by atoms with Crippen LogP contribution in [0.25, 0.3) is 0 Å². The number of benzene rings is 1. The zero-order chi connectivity index (χ0) is 15.9. The predicted octanol–water partition coefficient (Wildman–Crippen LogP) is 2.75. The molecule has 2 N–H and O–H groups in total. The standard InChI is InChI=1S/C16H22N4OS/c1-12-14(16(17-2)22-19-12)15(21)18-10-7-11-20(3)13-8-5-4-6-9-13/h4-6,8-9,17H,7,10-11H2,1-3H3,(H,18,21). The summed E-state index contributed by atoms with van der Waals surface area (Å²) >= 11 is 1.32. The second kappa shape index (κ2) is 7.79. The van der Waals surface area contributed by atoms with E-state index in [1.54, 1.807) is 7.05 Å². The first kappa shape index (κ1) is 16.3. The van der Waals surface area contributed by atoms with E-state index in [1.807, 2.05) is 25.1 Å². The van der Waals surface area contributed by atoms with Crippen molar-refractivity contribution in [1.29, 1.82) is 0 Å². The monoisotopic (exact) mass is 318 g/mol. The molecular weight excluding hydrogens is 296 g/mol. The van der Waals surface area contributed by atoms with Crippen molar-refractivity contribution in [3.8, 4) is 0 Å². The van der Waals surface area contributed by atoms with Gasteiger partial charge in [-0.05, 0) is 37.0 Å². The molecule has 1 amide bonds. The summed E-state index contributed by atoms with van der Waals surface area (Å²) in [5.74, 6) is -0.0574. The molecule has 5 nitrogen and oxygen atoms in total. The van der Waals surface area contributed by atoms with Gasteiger partial charge in [0.05, 0.1) is 11.3 Å². The Morgan fingerprint density at radius 3 is 2.73 bits per heavy atom. The number of para-hydroxylation sites is 1. The first-order valence-corrected chi connectivity index (χ1v) is 8.09. The Balaban J connectivity index is 1.79. The molecule has 2 aromatic rings. The second-order valence-corrected chi connectivity index (χ2v) is 5.86. The quantitative estimate of drug-likeness (QED) is 0.771. The number of carbonyl (C=O) groups excluding carboxylic acids is 1. The van der Waals surface area contributed by atoms with Crippen molar-refractivity contribution in [2.45, 2.75) is 13.3 Å². The average Bonchev–Trinajstić information content (AvgIpc) is 2.92. The summed E-state index contributed by atoms with van der Waals surface area (Å²) in [5.41, 5.74) is 2.61. The summed E-state index contributed by atoms with van der Waals surface area (Å²) in [6.07, 6.45) is 0.892. The van der Waals surface area contributed by atoms with Crippen molar-refractivity contribution >= 4 is 28.1 Å². The van der Waals surface area contributed by atoms with Gasteiger partial charge in [0.25, 0.3) is 5.91 Å². The van der Waals surface area contributed by atoms with Gasteiger partial charge in [-0.2, -0.15) is 4.37 Å². The SMILES string of the molecule is CNc1snc(C)c1C(=O)NCCCN(C)c1ccccc1. The Bertz CT molecular complexity index is 612. The number of carbonyl (C=O) groups is 1. The smallest absolute Gasteiger partial charge is 0.256 e. The molecule has 6 heteroatoms. The van der Waals surface area contributed by atoms with Crippen molar-refractivity contribution in [2.24, 2.45) is 0 Å². The van der Waals surface area contributed by atoms with E-state index < -0.39 is 0 Å². The van der Waals surface area contributed by atoms with Gasteiger partial charge < -0.3 is 15.5 Å². The largest absolute Gasteiger partial charge is 0.378 e. The highest BCUT2D eigenvalue weighted by atomic mass is 32.1. The molecule has 1 aromatic carbocycles. The summed E-state index contributed by atoms with van der Waals surface area (Å²) in [5, 5.41) is 6.80. The number of nitrogens with one attached hydrogen (secondary N) is 2. The van der Waals surface area contributed by atoms with Crippen molar-refractivity contribution in [1.82, 2.24) is 9.69 Å². The van der Waals surface area contributed by atoms with Gasteiger partial charge in [0, 0.05) is 32.9 Å². The van der Waals surface area contributed by atoms with E-state index in [-0.39, 0.29) is 5.91 Å². The van der Waals surface area contributed by atoms with E-state index in [0.717, 1.165) is 23.7 Å². The minimum atomic E-state index is -0.0574. The van der Waals surface area contributed by atoms with Crippen LogP contribution in [0.15, 0.2) is 30.3 Å². The lowest BCUT2D eigenvalue weighted by Crippen LogP contribution is -2.28. The zero-order valence-electron chi connectivity index (χ0n) is 13.2. The third kappa shape index (κ3) is 3.98. The molecule has 0 radical (unpaired) electrons. The van der Waals surface area contributed by atoms with E-state index >= 15 is 0 Å². The lowest BCUT2D eigenvalue weighted by atomic mass is 10.2. The first-order chi connectivity index (χ1) is 10.6. The number of rotatable bonds is 7. The minimum Gasteiger partial charge on any atom is -0.378 e. The zero-order valence-corrected chi connectivity index (χ0v) is 14.0. The fourth-order valence-corrected chi connectivity index (χ4v) is 2.97. The molecule has 0 saturated carbocycles. The lowest BCUT2D eigenvalue weighted by Gasteiger charge is -2.19. The summed E-state index contributed by atoms with van der Waals surface area (Å²) in [7, 11) is 3.86. The highest BCUT2D eigenvalue weighted by Crippen LogP contribution is 2.23. The fraction of sp³-hybridized carbons (Fsp3) is 0.375. The molecule has 1 heterocycles. The number of amides is 1. The molecule has 0 bridgehead atoms. The van der Waals surface area contributed by atoms with Crippen LogP contribution in [-0.4, -0.2) is 37.5 Å². The van der Waals surface area contributed by atoms with E-state index in [4.69, 9.17) is 0 Å². The van der Waals surface area contributed by atoms with Crippen molar-refractivity contribution < 1.29 is 4.79 Å². The van der Waals surface area contributed by atoms with Crippen LogP contribution in [0.5, 0.6) is 0 Å². The Labute approximate surface area is 135 Å². The molecule has 0 atom stereocenters. The van der Waals surface area contributed by atoms with Gasteiger partial charge in [-0.15, -0.1) is 0 Å². The molecule has 0 aliphatic rings. The van der Waals surface area contributed by atoms with E-state index in [0.29, 0.717) is 12.1 Å². The Hall–Kier alpha value is -2.08. The molecule has 2 rings (SSSR count). The van der Waals surface area contributed by atoms with Crippen molar-refractivity contribution in [3.05, 3.63) is 41.6 Å². The normalized spacial score (nSPS) is 10.3. The van der Waals surface area contributed by atoms with Crippen LogP contribution >= 0.6 is 11.5 Å². The molecule has 0 spiro atoms. The van der Waals surface area contributed by atoms with Crippen LogP contribution in [-0.2, 0) is 0 Å². The molecule has 0 saturated heterocycles. The number of aromatic nitrogens is 1. The molecule has 0 fully saturated rings. The van der Waals surface area contributed by atoms with E-state index in [2.05, 4.69) is 39.1 Å². The first-order valence-electron chi connectivity index (χ1n) is 7.32. The minimum absolute atomic E-state index is 0.0574. The van der Waals surface area contributed by atoms with Gasteiger partial charge in [-0.3, -0.25) is 4.79 Å². The van der Waals surface area contributed by atoms with Crippen LogP contribution in [0.1, 0.15) is 22.5 Å². The number of nitrogens with zero attached hydrogens (tertiary/aromatic N) is 2. The van der Waals surface area contributed by atoms with Gasteiger partial charge in [0.1, 0.15) is 5.00 Å². The van der Waals surface area contributed by atoms with Gasteiger partial charge in [0.2, 0.25) is 0 Å². The molecule has 0 aliphatic carbocycles. The van der Waals surface area contributed by atoms with Gasteiger partial charge in [-0.1, -0.05) is 18.2 Å². The number of aryl methyl sites for hydroxylation is 1. The Kier molecular flexibility index (Phi) is 5.77. The molecule has 22 heavy (non-hydrogen) atoms. The topological polar surface area (TPSA) is 57.3 Å². The maximum atomic E-state index is 12.2. The molecule has 0 unspecified atom stereocenters. The third-order valence-corrected chi connectivity index (χ3v) is 4.43. The molecule has 0 aliphatic heterocycles.